The molecule has 2 heteroatoms. The summed E-state index contributed by atoms with van der Waals surface area (Å²) in [5.41, 5.74) is 2.98. The average molecular weight is 218 g/mol. The Morgan fingerprint density at radius 2 is 2.06 bits per heavy atom. The van der Waals surface area contributed by atoms with Crippen LogP contribution in [0.2, 0.25) is 0 Å². The Bertz CT molecular complexity index is 405. The maximum atomic E-state index is 12.3. The molecule has 0 radical (unpaired) electrons. The Morgan fingerprint density at radius 3 is 2.62 bits per heavy atom. The largest absolute Gasteiger partial charge is 0.373 e. The number of aryl methyl sites for hydroxylation is 2. The molecule has 86 valence electrons. The zero-order valence-corrected chi connectivity index (χ0v) is 10.1. The standard InChI is InChI=1S/C14H18O2/c1-9-4-5-10(2)12(8-9)13(15)14(16-3)11-6-7-11/h4-5,8,11,14H,6-7H2,1-3H3. The van der Waals surface area contributed by atoms with Crippen LogP contribution in [0.1, 0.15) is 34.3 Å². The van der Waals surface area contributed by atoms with Crippen LogP contribution in [0.3, 0.4) is 0 Å². The summed E-state index contributed by atoms with van der Waals surface area (Å²) in [6, 6.07) is 6.00. The molecule has 0 bridgehead atoms. The molecular formula is C14H18O2. The van der Waals surface area contributed by atoms with Gasteiger partial charge in [-0.15, -0.1) is 0 Å². The van der Waals surface area contributed by atoms with Gasteiger partial charge < -0.3 is 4.74 Å². The first-order valence-corrected chi connectivity index (χ1v) is 5.77. The third kappa shape index (κ3) is 2.17. The molecule has 2 rings (SSSR count). The van der Waals surface area contributed by atoms with Gasteiger partial charge in [0.1, 0.15) is 6.10 Å². The van der Waals surface area contributed by atoms with Gasteiger partial charge in [0.2, 0.25) is 0 Å². The van der Waals surface area contributed by atoms with Gasteiger partial charge in [-0.25, -0.2) is 0 Å². The summed E-state index contributed by atoms with van der Waals surface area (Å²) in [4.78, 5) is 12.3. The first-order valence-electron chi connectivity index (χ1n) is 5.77. The number of ketones is 1. The smallest absolute Gasteiger partial charge is 0.192 e. The second-order valence-corrected chi connectivity index (χ2v) is 4.68. The van der Waals surface area contributed by atoms with E-state index in [0.717, 1.165) is 29.5 Å². The molecule has 0 spiro atoms. The van der Waals surface area contributed by atoms with Crippen molar-refractivity contribution in [2.75, 3.05) is 7.11 Å². The molecule has 0 aromatic heterocycles. The van der Waals surface area contributed by atoms with Crippen LogP contribution >= 0.6 is 0 Å². The maximum Gasteiger partial charge on any atom is 0.192 e. The van der Waals surface area contributed by atoms with Gasteiger partial charge in [-0.2, -0.15) is 0 Å². The van der Waals surface area contributed by atoms with E-state index in [1.807, 2.05) is 32.0 Å². The van der Waals surface area contributed by atoms with E-state index in [1.54, 1.807) is 7.11 Å². The molecule has 1 atom stereocenters. The highest BCUT2D eigenvalue weighted by molar-refractivity contribution is 6.01. The molecule has 0 saturated heterocycles. The SMILES string of the molecule is COC(C(=O)c1cc(C)ccc1C)C1CC1. The molecule has 1 aromatic rings. The molecule has 0 N–H and O–H groups in total. The van der Waals surface area contributed by atoms with Gasteiger partial charge in [-0.1, -0.05) is 17.7 Å². The number of benzene rings is 1. The Morgan fingerprint density at radius 1 is 1.38 bits per heavy atom. The van der Waals surface area contributed by atoms with Crippen molar-refractivity contribution in [2.45, 2.75) is 32.8 Å². The van der Waals surface area contributed by atoms with Gasteiger partial charge in [0, 0.05) is 12.7 Å². The first kappa shape index (κ1) is 11.3. The number of hydrogen-bond acceptors (Lipinski definition) is 2. The number of rotatable bonds is 4. The highest BCUT2D eigenvalue weighted by Crippen LogP contribution is 2.35. The normalized spacial score (nSPS) is 17.2. The van der Waals surface area contributed by atoms with Crippen molar-refractivity contribution in [3.63, 3.8) is 0 Å². The van der Waals surface area contributed by atoms with E-state index in [4.69, 9.17) is 4.74 Å². The molecule has 0 aliphatic heterocycles. The Balaban J connectivity index is 2.28. The molecule has 16 heavy (non-hydrogen) atoms. The van der Waals surface area contributed by atoms with E-state index in [2.05, 4.69) is 0 Å². The van der Waals surface area contributed by atoms with E-state index in [0.29, 0.717) is 5.92 Å². The molecule has 0 heterocycles. The van der Waals surface area contributed by atoms with E-state index < -0.39 is 0 Å². The van der Waals surface area contributed by atoms with E-state index >= 15 is 0 Å². The summed E-state index contributed by atoms with van der Waals surface area (Å²) in [5.74, 6) is 0.587. The van der Waals surface area contributed by atoms with Gasteiger partial charge in [0.15, 0.2) is 5.78 Å². The number of carbonyl (C=O) groups is 1. The lowest BCUT2D eigenvalue weighted by molar-refractivity contribution is 0.0539. The van der Waals surface area contributed by atoms with Crippen LogP contribution in [0.25, 0.3) is 0 Å². The van der Waals surface area contributed by atoms with E-state index in [-0.39, 0.29) is 11.9 Å². The zero-order valence-electron chi connectivity index (χ0n) is 10.1. The van der Waals surface area contributed by atoms with Crippen molar-refractivity contribution >= 4 is 5.78 Å². The van der Waals surface area contributed by atoms with Crippen LogP contribution < -0.4 is 0 Å². The van der Waals surface area contributed by atoms with Gasteiger partial charge in [-0.3, -0.25) is 4.79 Å². The lowest BCUT2D eigenvalue weighted by Gasteiger charge is -2.15. The summed E-state index contributed by atoms with van der Waals surface area (Å²) in [6.07, 6.45) is 2.00. The lowest BCUT2D eigenvalue weighted by Crippen LogP contribution is -2.26. The minimum absolute atomic E-state index is 0.145. The summed E-state index contributed by atoms with van der Waals surface area (Å²) >= 11 is 0. The average Bonchev–Trinajstić information content (AvgIpc) is 3.07. The van der Waals surface area contributed by atoms with Crippen LogP contribution in [0.15, 0.2) is 18.2 Å². The fraction of sp³-hybridized carbons (Fsp3) is 0.500. The number of Topliss-reactive ketones (excluding diaryl/α,β-unsaturated/α-hetero) is 1. The topological polar surface area (TPSA) is 26.3 Å². The number of hydrogen-bond donors (Lipinski definition) is 0. The Kier molecular flexibility index (Phi) is 3.10. The fourth-order valence-electron chi connectivity index (χ4n) is 2.07. The molecule has 0 amide bonds. The van der Waals surface area contributed by atoms with Crippen LogP contribution in [-0.4, -0.2) is 19.0 Å². The molecule has 1 fully saturated rings. The van der Waals surface area contributed by atoms with Crippen molar-refractivity contribution < 1.29 is 9.53 Å². The van der Waals surface area contributed by atoms with Gasteiger partial charge in [-0.05, 0) is 44.2 Å². The Labute approximate surface area is 96.6 Å². The summed E-state index contributed by atoms with van der Waals surface area (Å²) in [7, 11) is 1.63. The number of carbonyl (C=O) groups excluding carboxylic acids is 1. The predicted molar refractivity (Wildman–Crippen MR) is 63.8 cm³/mol. The third-order valence-electron chi connectivity index (χ3n) is 3.22. The zero-order chi connectivity index (χ0) is 11.7. The second-order valence-electron chi connectivity index (χ2n) is 4.68. The van der Waals surface area contributed by atoms with E-state index in [1.165, 1.54) is 0 Å². The van der Waals surface area contributed by atoms with E-state index in [9.17, 15) is 4.79 Å². The summed E-state index contributed by atoms with van der Waals surface area (Å²) in [5, 5.41) is 0. The van der Waals surface area contributed by atoms with Crippen molar-refractivity contribution in [3.05, 3.63) is 34.9 Å². The highest BCUT2D eigenvalue weighted by atomic mass is 16.5. The first-order chi connectivity index (χ1) is 7.63. The molecule has 1 aliphatic rings. The van der Waals surface area contributed by atoms with Crippen molar-refractivity contribution in [2.24, 2.45) is 5.92 Å². The lowest BCUT2D eigenvalue weighted by atomic mass is 9.97. The van der Waals surface area contributed by atoms with Gasteiger partial charge in [0.05, 0.1) is 0 Å². The third-order valence-corrected chi connectivity index (χ3v) is 3.22. The van der Waals surface area contributed by atoms with Crippen LogP contribution in [-0.2, 0) is 4.74 Å². The van der Waals surface area contributed by atoms with Crippen LogP contribution in [0, 0.1) is 19.8 Å². The minimum atomic E-state index is -0.236. The molecular weight excluding hydrogens is 200 g/mol. The van der Waals surface area contributed by atoms with Crippen LogP contribution in [0.4, 0.5) is 0 Å². The van der Waals surface area contributed by atoms with Gasteiger partial charge in [0.25, 0.3) is 0 Å². The molecule has 1 unspecified atom stereocenters. The second kappa shape index (κ2) is 4.38. The maximum absolute atomic E-state index is 12.3. The monoisotopic (exact) mass is 218 g/mol. The van der Waals surface area contributed by atoms with Crippen molar-refractivity contribution in [1.82, 2.24) is 0 Å². The van der Waals surface area contributed by atoms with Gasteiger partial charge >= 0.3 is 0 Å². The molecule has 1 aromatic carbocycles. The molecule has 1 saturated carbocycles. The molecule has 1 aliphatic carbocycles. The van der Waals surface area contributed by atoms with Crippen molar-refractivity contribution in [3.8, 4) is 0 Å². The quantitative estimate of drug-likeness (QED) is 0.726. The summed E-state index contributed by atoms with van der Waals surface area (Å²) in [6.45, 7) is 3.99. The fourth-order valence-corrected chi connectivity index (χ4v) is 2.07. The number of ether oxygens (including phenoxy) is 1. The number of methoxy groups -OCH3 is 1. The summed E-state index contributed by atoms with van der Waals surface area (Å²) < 4.78 is 5.34. The molecule has 2 nitrogen and oxygen atoms in total. The minimum Gasteiger partial charge on any atom is -0.373 e. The van der Waals surface area contributed by atoms with Crippen LogP contribution in [0.5, 0.6) is 0 Å². The van der Waals surface area contributed by atoms with Crippen molar-refractivity contribution in [1.29, 1.82) is 0 Å². The predicted octanol–water partition coefficient (Wildman–Crippen LogP) is 2.91. The highest BCUT2D eigenvalue weighted by Gasteiger charge is 2.37. The Hall–Kier alpha value is -1.15.